The standard InChI is InChI=1S/C12H16N2O4S/c1-9-8-14(6-7-18-9)19(16,17)11-4-2-10(3-5-11)12(13)15/h2-5,9H,6-8H2,1H3,(H2,13,15)/t9-/m1/s1. The zero-order valence-corrected chi connectivity index (χ0v) is 11.4. The molecule has 2 N–H and O–H groups in total. The molecule has 19 heavy (non-hydrogen) atoms. The number of benzene rings is 1. The molecule has 6 nitrogen and oxygen atoms in total. The van der Waals surface area contributed by atoms with E-state index in [0.717, 1.165) is 0 Å². The van der Waals surface area contributed by atoms with Crippen LogP contribution in [0.3, 0.4) is 0 Å². The minimum atomic E-state index is -3.54. The van der Waals surface area contributed by atoms with Crippen molar-refractivity contribution in [3.05, 3.63) is 29.8 Å². The Kier molecular flexibility index (Phi) is 3.88. The average Bonchev–Trinajstić information content (AvgIpc) is 2.39. The van der Waals surface area contributed by atoms with Crippen LogP contribution in [0.25, 0.3) is 0 Å². The Morgan fingerprint density at radius 1 is 1.37 bits per heavy atom. The molecule has 0 spiro atoms. The third-order valence-electron chi connectivity index (χ3n) is 2.98. The Labute approximate surface area is 112 Å². The van der Waals surface area contributed by atoms with E-state index in [4.69, 9.17) is 10.5 Å². The second-order valence-electron chi connectivity index (χ2n) is 4.43. The molecule has 1 saturated heterocycles. The maximum absolute atomic E-state index is 12.4. The van der Waals surface area contributed by atoms with E-state index in [9.17, 15) is 13.2 Å². The van der Waals surface area contributed by atoms with Gasteiger partial charge in [0.25, 0.3) is 0 Å². The lowest BCUT2D eigenvalue weighted by molar-refractivity contribution is 0.0102. The van der Waals surface area contributed by atoms with Crippen molar-refractivity contribution in [1.82, 2.24) is 4.31 Å². The predicted molar refractivity (Wildman–Crippen MR) is 69.1 cm³/mol. The van der Waals surface area contributed by atoms with Gasteiger partial charge in [0.15, 0.2) is 0 Å². The maximum Gasteiger partial charge on any atom is 0.248 e. The summed E-state index contributed by atoms with van der Waals surface area (Å²) in [5, 5.41) is 0. The summed E-state index contributed by atoms with van der Waals surface area (Å²) in [6, 6.07) is 5.63. The number of rotatable bonds is 3. The van der Waals surface area contributed by atoms with Crippen LogP contribution in [0.2, 0.25) is 0 Å². The Morgan fingerprint density at radius 2 is 2.00 bits per heavy atom. The van der Waals surface area contributed by atoms with E-state index in [-0.39, 0.29) is 16.6 Å². The fourth-order valence-corrected chi connectivity index (χ4v) is 3.44. The Balaban J connectivity index is 2.26. The van der Waals surface area contributed by atoms with Gasteiger partial charge in [0, 0.05) is 18.7 Å². The molecular formula is C12H16N2O4S. The van der Waals surface area contributed by atoms with Crippen molar-refractivity contribution in [2.24, 2.45) is 5.73 Å². The molecule has 1 atom stereocenters. The number of nitrogens with zero attached hydrogens (tertiary/aromatic N) is 1. The molecule has 1 aromatic carbocycles. The highest BCUT2D eigenvalue weighted by Gasteiger charge is 2.29. The first-order chi connectivity index (χ1) is 8.91. The van der Waals surface area contributed by atoms with Gasteiger partial charge in [0.2, 0.25) is 15.9 Å². The zero-order valence-electron chi connectivity index (χ0n) is 10.6. The van der Waals surface area contributed by atoms with E-state index in [0.29, 0.717) is 19.7 Å². The highest BCUT2D eigenvalue weighted by molar-refractivity contribution is 7.89. The van der Waals surface area contributed by atoms with E-state index in [1.165, 1.54) is 28.6 Å². The van der Waals surface area contributed by atoms with Crippen molar-refractivity contribution in [1.29, 1.82) is 0 Å². The fourth-order valence-electron chi connectivity index (χ4n) is 1.95. The molecule has 7 heteroatoms. The third-order valence-corrected chi connectivity index (χ3v) is 4.86. The number of hydrogen-bond donors (Lipinski definition) is 1. The number of carbonyl (C=O) groups excluding carboxylic acids is 1. The smallest absolute Gasteiger partial charge is 0.248 e. The minimum absolute atomic E-state index is 0.117. The number of hydrogen-bond acceptors (Lipinski definition) is 4. The van der Waals surface area contributed by atoms with Crippen LogP contribution in [0.15, 0.2) is 29.2 Å². The topological polar surface area (TPSA) is 89.7 Å². The molecule has 0 aliphatic carbocycles. The highest BCUT2D eigenvalue weighted by atomic mass is 32.2. The van der Waals surface area contributed by atoms with Crippen LogP contribution < -0.4 is 5.73 Å². The summed E-state index contributed by atoms with van der Waals surface area (Å²) >= 11 is 0. The van der Waals surface area contributed by atoms with Gasteiger partial charge in [-0.1, -0.05) is 0 Å². The number of sulfonamides is 1. The Bertz CT molecular complexity index is 568. The van der Waals surface area contributed by atoms with Gasteiger partial charge in [-0.05, 0) is 31.2 Å². The van der Waals surface area contributed by atoms with Gasteiger partial charge in [-0.3, -0.25) is 4.79 Å². The normalized spacial score (nSPS) is 21.2. The molecule has 0 saturated carbocycles. The average molecular weight is 284 g/mol. The zero-order chi connectivity index (χ0) is 14.0. The molecular weight excluding hydrogens is 268 g/mol. The molecule has 1 amide bonds. The van der Waals surface area contributed by atoms with Crippen LogP contribution in [0.5, 0.6) is 0 Å². The highest BCUT2D eigenvalue weighted by Crippen LogP contribution is 2.19. The quantitative estimate of drug-likeness (QED) is 0.858. The van der Waals surface area contributed by atoms with Crippen LogP contribution >= 0.6 is 0 Å². The van der Waals surface area contributed by atoms with Gasteiger partial charge < -0.3 is 10.5 Å². The van der Waals surface area contributed by atoms with Gasteiger partial charge >= 0.3 is 0 Å². The molecule has 0 unspecified atom stereocenters. The number of nitrogens with two attached hydrogens (primary N) is 1. The number of amides is 1. The second kappa shape index (κ2) is 5.28. The van der Waals surface area contributed by atoms with Crippen LogP contribution in [0, 0.1) is 0 Å². The lowest BCUT2D eigenvalue weighted by Crippen LogP contribution is -2.44. The molecule has 1 aliphatic heterocycles. The van der Waals surface area contributed by atoms with Crippen LogP contribution in [0.1, 0.15) is 17.3 Å². The van der Waals surface area contributed by atoms with Crippen molar-refractivity contribution in [2.75, 3.05) is 19.7 Å². The number of morpholine rings is 1. The van der Waals surface area contributed by atoms with E-state index in [1.807, 2.05) is 6.92 Å². The van der Waals surface area contributed by atoms with Crippen molar-refractivity contribution in [3.8, 4) is 0 Å². The minimum Gasteiger partial charge on any atom is -0.376 e. The summed E-state index contributed by atoms with van der Waals surface area (Å²) in [5.74, 6) is -0.580. The van der Waals surface area contributed by atoms with Crippen LogP contribution in [-0.2, 0) is 14.8 Å². The molecule has 1 aromatic rings. The van der Waals surface area contributed by atoms with Gasteiger partial charge in [0.05, 0.1) is 17.6 Å². The molecule has 1 aliphatic rings. The van der Waals surface area contributed by atoms with Gasteiger partial charge in [-0.15, -0.1) is 0 Å². The molecule has 0 bridgehead atoms. The molecule has 2 rings (SSSR count). The molecule has 1 heterocycles. The summed E-state index contributed by atoms with van der Waals surface area (Å²) in [6.45, 7) is 2.89. The van der Waals surface area contributed by atoms with E-state index in [2.05, 4.69) is 0 Å². The van der Waals surface area contributed by atoms with Crippen molar-refractivity contribution in [2.45, 2.75) is 17.9 Å². The second-order valence-corrected chi connectivity index (χ2v) is 6.37. The lowest BCUT2D eigenvalue weighted by Gasteiger charge is -2.30. The van der Waals surface area contributed by atoms with Gasteiger partial charge in [-0.25, -0.2) is 8.42 Å². The van der Waals surface area contributed by atoms with Gasteiger partial charge in [0.1, 0.15) is 0 Å². The predicted octanol–water partition coefficient (Wildman–Crippen LogP) is 0.195. The van der Waals surface area contributed by atoms with Crippen LogP contribution in [0.4, 0.5) is 0 Å². The fraction of sp³-hybridized carbons (Fsp3) is 0.417. The number of ether oxygens (including phenoxy) is 1. The maximum atomic E-state index is 12.4. The van der Waals surface area contributed by atoms with Crippen molar-refractivity contribution >= 4 is 15.9 Å². The molecule has 1 fully saturated rings. The van der Waals surface area contributed by atoms with Crippen molar-refractivity contribution < 1.29 is 17.9 Å². The molecule has 104 valence electrons. The summed E-state index contributed by atoms with van der Waals surface area (Å²) in [6.07, 6.45) is -0.117. The molecule has 0 aromatic heterocycles. The monoisotopic (exact) mass is 284 g/mol. The summed E-state index contributed by atoms with van der Waals surface area (Å²) in [4.78, 5) is 11.1. The van der Waals surface area contributed by atoms with Crippen LogP contribution in [-0.4, -0.2) is 44.4 Å². The van der Waals surface area contributed by atoms with E-state index in [1.54, 1.807) is 0 Å². The molecule has 0 radical (unpaired) electrons. The first kappa shape index (κ1) is 14.0. The first-order valence-corrected chi connectivity index (χ1v) is 7.37. The third kappa shape index (κ3) is 2.94. The summed E-state index contributed by atoms with van der Waals surface area (Å²) in [5.41, 5.74) is 5.40. The Hall–Kier alpha value is -1.44. The number of primary amides is 1. The lowest BCUT2D eigenvalue weighted by atomic mass is 10.2. The SMILES string of the molecule is C[C@@H]1CN(S(=O)(=O)c2ccc(C(N)=O)cc2)CCO1. The Morgan fingerprint density at radius 3 is 2.53 bits per heavy atom. The summed E-state index contributed by atoms with van der Waals surface area (Å²) < 4.78 is 31.4. The largest absolute Gasteiger partial charge is 0.376 e. The summed E-state index contributed by atoms with van der Waals surface area (Å²) in [7, 11) is -3.54. The van der Waals surface area contributed by atoms with Crippen molar-refractivity contribution in [3.63, 3.8) is 0 Å². The van der Waals surface area contributed by atoms with E-state index < -0.39 is 15.9 Å². The van der Waals surface area contributed by atoms with E-state index >= 15 is 0 Å². The number of carbonyl (C=O) groups is 1. The van der Waals surface area contributed by atoms with Gasteiger partial charge in [-0.2, -0.15) is 4.31 Å². The first-order valence-electron chi connectivity index (χ1n) is 5.93.